The van der Waals surface area contributed by atoms with Gasteiger partial charge >= 0.3 is 12.1 Å². The summed E-state index contributed by atoms with van der Waals surface area (Å²) >= 11 is 6.29. The van der Waals surface area contributed by atoms with Gasteiger partial charge in [0.2, 0.25) is 0 Å². The van der Waals surface area contributed by atoms with E-state index in [1.54, 1.807) is 36.4 Å². The van der Waals surface area contributed by atoms with Crippen molar-refractivity contribution in [3.05, 3.63) is 64.6 Å². The molecule has 9 heteroatoms. The zero-order valence-electron chi connectivity index (χ0n) is 15.5. The van der Waals surface area contributed by atoms with Crippen molar-refractivity contribution in [1.82, 2.24) is 4.90 Å². The first-order valence-corrected chi connectivity index (χ1v) is 10.1. The number of alkyl halides is 3. The van der Waals surface area contributed by atoms with Crippen molar-refractivity contribution >= 4 is 46.3 Å². The number of carbonyl (C=O) groups is 2. The van der Waals surface area contributed by atoms with Crippen LogP contribution in [0.5, 0.6) is 0 Å². The molecule has 0 bridgehead atoms. The molecule has 0 aliphatic carbocycles. The number of nitrogens with zero attached hydrogens (tertiary/aromatic N) is 1. The maximum Gasteiger partial charge on any atom is 0.417 e. The van der Waals surface area contributed by atoms with Crippen LogP contribution >= 0.6 is 24.0 Å². The highest BCUT2D eigenvalue weighted by Gasteiger charge is 2.34. The number of carboxylic acid groups (broad SMARTS) is 1. The molecule has 1 amide bonds. The number of thioether (sulfide) groups is 1. The van der Waals surface area contributed by atoms with Crippen LogP contribution in [0.15, 0.2) is 53.4 Å². The van der Waals surface area contributed by atoms with Gasteiger partial charge in [0.25, 0.3) is 5.91 Å². The van der Waals surface area contributed by atoms with Crippen molar-refractivity contribution < 1.29 is 27.9 Å². The van der Waals surface area contributed by atoms with E-state index < -0.39 is 17.7 Å². The molecule has 4 nitrogen and oxygen atoms in total. The normalized spacial score (nSPS) is 15.8. The van der Waals surface area contributed by atoms with E-state index in [1.165, 1.54) is 17.0 Å². The first-order chi connectivity index (χ1) is 14.2. The lowest BCUT2D eigenvalue weighted by atomic mass is 9.97. The number of hydrogen-bond acceptors (Lipinski definition) is 4. The molecule has 1 heterocycles. The van der Waals surface area contributed by atoms with Crippen LogP contribution in [0.1, 0.15) is 24.0 Å². The molecular weight excluding hydrogens is 435 g/mol. The molecule has 156 valence electrons. The molecule has 2 aromatic carbocycles. The highest BCUT2D eigenvalue weighted by atomic mass is 32.2. The fourth-order valence-electron chi connectivity index (χ4n) is 3.01. The Kier molecular flexibility index (Phi) is 6.62. The minimum Gasteiger partial charge on any atom is -0.481 e. The molecule has 1 N–H and O–H groups in total. The lowest BCUT2D eigenvalue weighted by Gasteiger charge is -2.13. The Balaban J connectivity index is 1.86. The summed E-state index contributed by atoms with van der Waals surface area (Å²) in [6.45, 7) is 0.202. The number of rotatable bonds is 6. The second-order valence-corrected chi connectivity index (χ2v) is 8.18. The Hall–Kier alpha value is -2.65. The number of halogens is 3. The van der Waals surface area contributed by atoms with Crippen LogP contribution in [0, 0.1) is 0 Å². The van der Waals surface area contributed by atoms with Crippen LogP contribution in [-0.4, -0.2) is 32.7 Å². The Morgan fingerprint density at radius 2 is 1.90 bits per heavy atom. The molecule has 0 aromatic heterocycles. The SMILES string of the molecule is O=C(O)CCCN1C(=O)/C(=C/c2cccc(-c3ccccc3C(F)(F)F)c2)SC1=S. The molecular formula is C21H16F3NO3S2. The second kappa shape index (κ2) is 9.01. The molecule has 1 saturated heterocycles. The number of aliphatic carboxylic acids is 1. The van der Waals surface area contributed by atoms with E-state index in [0.717, 1.165) is 17.8 Å². The van der Waals surface area contributed by atoms with Gasteiger partial charge in [-0.1, -0.05) is 60.4 Å². The average molecular weight is 451 g/mol. The minimum absolute atomic E-state index is 0.0569. The molecule has 3 rings (SSSR count). The molecule has 1 aliphatic rings. The highest BCUT2D eigenvalue weighted by molar-refractivity contribution is 8.26. The Labute approximate surface area is 180 Å². The number of benzene rings is 2. The van der Waals surface area contributed by atoms with Crippen LogP contribution in [0.3, 0.4) is 0 Å². The van der Waals surface area contributed by atoms with Gasteiger partial charge in [-0.15, -0.1) is 0 Å². The summed E-state index contributed by atoms with van der Waals surface area (Å²) in [5, 5.41) is 8.73. The maximum absolute atomic E-state index is 13.3. The molecule has 2 aromatic rings. The third-order valence-electron chi connectivity index (χ3n) is 4.37. The molecule has 1 aliphatic heterocycles. The lowest BCUT2D eigenvalue weighted by Crippen LogP contribution is -2.29. The van der Waals surface area contributed by atoms with Crippen LogP contribution < -0.4 is 0 Å². The average Bonchev–Trinajstić information content (AvgIpc) is 2.94. The van der Waals surface area contributed by atoms with Gasteiger partial charge in [-0.05, 0) is 41.3 Å². The maximum atomic E-state index is 13.3. The van der Waals surface area contributed by atoms with Crippen molar-refractivity contribution in [2.24, 2.45) is 0 Å². The van der Waals surface area contributed by atoms with Crippen molar-refractivity contribution in [2.75, 3.05) is 6.54 Å². The summed E-state index contributed by atoms with van der Waals surface area (Å²) < 4.78 is 40.3. The molecule has 0 spiro atoms. The van der Waals surface area contributed by atoms with Gasteiger partial charge in [0.15, 0.2) is 0 Å². The quantitative estimate of drug-likeness (QED) is 0.468. The highest BCUT2D eigenvalue weighted by Crippen LogP contribution is 2.38. The van der Waals surface area contributed by atoms with Crippen molar-refractivity contribution in [2.45, 2.75) is 19.0 Å². The molecule has 0 radical (unpaired) electrons. The van der Waals surface area contributed by atoms with Gasteiger partial charge in [0.05, 0.1) is 10.5 Å². The summed E-state index contributed by atoms with van der Waals surface area (Å²) in [6, 6.07) is 11.8. The second-order valence-electron chi connectivity index (χ2n) is 6.50. The Morgan fingerprint density at radius 3 is 2.60 bits per heavy atom. The Morgan fingerprint density at radius 1 is 1.17 bits per heavy atom. The smallest absolute Gasteiger partial charge is 0.417 e. The largest absolute Gasteiger partial charge is 0.481 e. The van der Waals surface area contributed by atoms with E-state index in [4.69, 9.17) is 17.3 Å². The van der Waals surface area contributed by atoms with Crippen molar-refractivity contribution in [1.29, 1.82) is 0 Å². The standard InChI is InChI=1S/C21H16F3NO3S2/c22-21(23,24)16-8-2-1-7-15(16)14-6-3-5-13(11-14)12-17-19(28)25(20(29)30-17)10-4-9-18(26)27/h1-3,5-8,11-12H,4,9-10H2,(H,26,27)/b17-12-. The van der Waals surface area contributed by atoms with Gasteiger partial charge < -0.3 is 5.11 Å². The monoisotopic (exact) mass is 451 g/mol. The summed E-state index contributed by atoms with van der Waals surface area (Å²) in [7, 11) is 0. The van der Waals surface area contributed by atoms with Crippen molar-refractivity contribution in [3.8, 4) is 11.1 Å². The van der Waals surface area contributed by atoms with Gasteiger partial charge in [-0.25, -0.2) is 0 Å². The third kappa shape index (κ3) is 5.09. The Bertz CT molecular complexity index is 1030. The molecule has 1 fully saturated rings. The van der Waals surface area contributed by atoms with E-state index in [-0.39, 0.29) is 30.9 Å². The third-order valence-corrected chi connectivity index (χ3v) is 5.75. The predicted octanol–water partition coefficient (Wildman–Crippen LogP) is 5.44. The van der Waals surface area contributed by atoms with Gasteiger partial charge in [0.1, 0.15) is 4.32 Å². The van der Waals surface area contributed by atoms with Gasteiger partial charge in [-0.2, -0.15) is 13.2 Å². The first-order valence-electron chi connectivity index (χ1n) is 8.90. The van der Waals surface area contributed by atoms with E-state index in [9.17, 15) is 22.8 Å². The first kappa shape index (κ1) is 22.0. The number of hydrogen-bond donors (Lipinski definition) is 1. The minimum atomic E-state index is -4.48. The van der Waals surface area contributed by atoms with E-state index in [2.05, 4.69) is 0 Å². The number of carboxylic acids is 1. The lowest BCUT2D eigenvalue weighted by molar-refractivity contribution is -0.138. The topological polar surface area (TPSA) is 57.6 Å². The van der Waals surface area contributed by atoms with E-state index in [0.29, 0.717) is 20.4 Å². The predicted molar refractivity (Wildman–Crippen MR) is 114 cm³/mol. The van der Waals surface area contributed by atoms with Gasteiger partial charge in [0, 0.05) is 13.0 Å². The molecule has 0 saturated carbocycles. The number of thiocarbonyl (C=S) groups is 1. The zero-order chi connectivity index (χ0) is 21.9. The van der Waals surface area contributed by atoms with Crippen LogP contribution in [0.2, 0.25) is 0 Å². The van der Waals surface area contributed by atoms with Gasteiger partial charge in [-0.3, -0.25) is 14.5 Å². The summed E-state index contributed by atoms with van der Waals surface area (Å²) in [6.07, 6.45) is -2.70. The van der Waals surface area contributed by atoms with Crippen LogP contribution in [0.4, 0.5) is 13.2 Å². The summed E-state index contributed by atoms with van der Waals surface area (Å²) in [5.41, 5.74) is 0.275. The fraction of sp³-hybridized carbons (Fsp3) is 0.190. The van der Waals surface area contributed by atoms with E-state index in [1.807, 2.05) is 0 Å². The molecule has 0 unspecified atom stereocenters. The summed E-state index contributed by atoms with van der Waals surface area (Å²) in [4.78, 5) is 24.9. The number of carbonyl (C=O) groups excluding carboxylic acids is 1. The molecule has 30 heavy (non-hydrogen) atoms. The van der Waals surface area contributed by atoms with Crippen LogP contribution in [0.25, 0.3) is 17.2 Å². The zero-order valence-corrected chi connectivity index (χ0v) is 17.1. The van der Waals surface area contributed by atoms with E-state index >= 15 is 0 Å². The fourth-order valence-corrected chi connectivity index (χ4v) is 4.32. The summed E-state index contributed by atoms with van der Waals surface area (Å²) in [5.74, 6) is -1.29. The number of amides is 1. The van der Waals surface area contributed by atoms with Crippen LogP contribution in [-0.2, 0) is 15.8 Å². The molecule has 0 atom stereocenters. The van der Waals surface area contributed by atoms with Crippen molar-refractivity contribution in [3.63, 3.8) is 0 Å².